The zero-order valence-corrected chi connectivity index (χ0v) is 8.25. The van der Waals surface area contributed by atoms with Crippen molar-refractivity contribution in [3.63, 3.8) is 0 Å². The number of carbonyl (C=O) groups excluding carboxylic acids is 2. The van der Waals surface area contributed by atoms with Gasteiger partial charge in [0.05, 0.1) is 13.2 Å². The molecule has 0 rings (SSSR count). The van der Waals surface area contributed by atoms with Gasteiger partial charge in [-0.05, 0) is 20.9 Å². The van der Waals surface area contributed by atoms with Gasteiger partial charge in [-0.3, -0.25) is 4.79 Å². The summed E-state index contributed by atoms with van der Waals surface area (Å²) in [6.07, 6.45) is 0. The largest absolute Gasteiger partial charge is 0.467 e. The van der Waals surface area contributed by atoms with Crippen molar-refractivity contribution in [3.8, 4) is 0 Å². The van der Waals surface area contributed by atoms with Gasteiger partial charge in [0, 0.05) is 0 Å². The molecule has 0 heterocycles. The molecular formula is C8H15NO4. The molecule has 13 heavy (non-hydrogen) atoms. The highest BCUT2D eigenvalue weighted by Crippen LogP contribution is 2.09. The van der Waals surface area contributed by atoms with Crippen molar-refractivity contribution in [2.24, 2.45) is 0 Å². The lowest BCUT2D eigenvalue weighted by atomic mass is 9.96. The highest BCUT2D eigenvalue weighted by atomic mass is 16.5. The Bertz CT molecular complexity index is 212. The number of hydrogen-bond donors (Lipinski definition) is 2. The van der Waals surface area contributed by atoms with Gasteiger partial charge in [0.15, 0.2) is 5.78 Å². The summed E-state index contributed by atoms with van der Waals surface area (Å²) >= 11 is 0. The molecule has 0 bridgehead atoms. The number of likely N-dealkylation sites (N-methyl/N-ethyl adjacent to an activating group) is 1. The first-order chi connectivity index (χ1) is 5.87. The average Bonchev–Trinajstić information content (AvgIpc) is 2.13. The molecule has 0 spiro atoms. The molecule has 2 atom stereocenters. The normalized spacial score (nSPS) is 17.3. The number of Topliss-reactive ketones (excluding diaryl/α,β-unsaturated/α-hetero) is 1. The summed E-state index contributed by atoms with van der Waals surface area (Å²) in [6, 6.07) is -0.589. The molecule has 0 amide bonds. The number of ether oxygens (including phenoxy) is 1. The smallest absolute Gasteiger partial charge is 0.345 e. The molecule has 76 valence electrons. The Morgan fingerprint density at radius 2 is 2.00 bits per heavy atom. The Kier molecular flexibility index (Phi) is 4.03. The van der Waals surface area contributed by atoms with E-state index in [1.165, 1.54) is 0 Å². The maximum atomic E-state index is 11.4. The Balaban J connectivity index is 4.63. The van der Waals surface area contributed by atoms with Crippen LogP contribution in [0.3, 0.4) is 0 Å². The number of aliphatic hydroxyl groups is 1. The fraction of sp³-hybridized carbons (Fsp3) is 0.750. The number of ketones is 1. The molecule has 0 aliphatic carbocycles. The lowest BCUT2D eigenvalue weighted by Crippen LogP contribution is -2.52. The van der Waals surface area contributed by atoms with Gasteiger partial charge >= 0.3 is 5.97 Å². The summed E-state index contributed by atoms with van der Waals surface area (Å²) in [5, 5.41) is 12.1. The maximum Gasteiger partial charge on any atom is 0.345 e. The Hall–Kier alpha value is -0.940. The van der Waals surface area contributed by atoms with Crippen molar-refractivity contribution in [2.45, 2.75) is 25.5 Å². The van der Waals surface area contributed by atoms with Crippen LogP contribution in [0.25, 0.3) is 0 Å². The van der Waals surface area contributed by atoms with Crippen LogP contribution in [-0.4, -0.2) is 42.7 Å². The van der Waals surface area contributed by atoms with Gasteiger partial charge in [0.2, 0.25) is 5.60 Å². The molecule has 0 aliphatic heterocycles. The van der Waals surface area contributed by atoms with Gasteiger partial charge in [-0.25, -0.2) is 4.79 Å². The quantitative estimate of drug-likeness (QED) is 0.442. The maximum absolute atomic E-state index is 11.4. The molecule has 0 unspecified atom stereocenters. The SMILES string of the molecule is CN[C@@H](C)C(=O)[C@](C)(O)C(=O)OC. The minimum Gasteiger partial charge on any atom is -0.467 e. The molecule has 0 aromatic rings. The van der Waals surface area contributed by atoms with Crippen LogP contribution in [0.1, 0.15) is 13.8 Å². The molecule has 0 aromatic heterocycles. The predicted octanol–water partition coefficient (Wildman–Crippen LogP) is -0.913. The van der Waals surface area contributed by atoms with Crippen LogP contribution >= 0.6 is 0 Å². The molecule has 5 nitrogen and oxygen atoms in total. The minimum absolute atomic E-state index is 0.589. The molecule has 0 radical (unpaired) electrons. The summed E-state index contributed by atoms with van der Waals surface area (Å²) in [6.45, 7) is 2.68. The van der Waals surface area contributed by atoms with E-state index in [1.54, 1.807) is 14.0 Å². The summed E-state index contributed by atoms with van der Waals surface area (Å²) < 4.78 is 4.29. The summed E-state index contributed by atoms with van der Waals surface area (Å²) in [7, 11) is 2.68. The highest BCUT2D eigenvalue weighted by molar-refractivity contribution is 6.08. The molecule has 2 N–H and O–H groups in total. The van der Waals surface area contributed by atoms with E-state index >= 15 is 0 Å². The second-order valence-corrected chi connectivity index (χ2v) is 2.94. The van der Waals surface area contributed by atoms with E-state index in [-0.39, 0.29) is 0 Å². The van der Waals surface area contributed by atoms with Crippen LogP contribution in [0.5, 0.6) is 0 Å². The van der Waals surface area contributed by atoms with Gasteiger partial charge in [0.1, 0.15) is 0 Å². The molecule has 0 saturated heterocycles. The van der Waals surface area contributed by atoms with Crippen molar-refractivity contribution < 1.29 is 19.4 Å². The molecule has 0 aliphatic rings. The Morgan fingerprint density at radius 1 is 1.54 bits per heavy atom. The zero-order valence-electron chi connectivity index (χ0n) is 8.25. The first-order valence-corrected chi connectivity index (χ1v) is 3.90. The van der Waals surface area contributed by atoms with Gasteiger partial charge in [-0.15, -0.1) is 0 Å². The third-order valence-electron chi connectivity index (χ3n) is 1.89. The molecule has 0 aromatic carbocycles. The monoisotopic (exact) mass is 189 g/mol. The van der Waals surface area contributed by atoms with Crippen molar-refractivity contribution in [1.29, 1.82) is 0 Å². The number of nitrogens with one attached hydrogen (secondary N) is 1. The number of esters is 1. The van der Waals surface area contributed by atoms with E-state index in [4.69, 9.17) is 0 Å². The van der Waals surface area contributed by atoms with Crippen molar-refractivity contribution in [1.82, 2.24) is 5.32 Å². The third kappa shape index (κ3) is 2.50. The van der Waals surface area contributed by atoms with Gasteiger partial charge < -0.3 is 15.2 Å². The van der Waals surface area contributed by atoms with Crippen LogP contribution in [0, 0.1) is 0 Å². The Labute approximate surface area is 77.1 Å². The first-order valence-electron chi connectivity index (χ1n) is 3.90. The van der Waals surface area contributed by atoms with Crippen molar-refractivity contribution >= 4 is 11.8 Å². The number of methoxy groups -OCH3 is 1. The summed E-state index contributed by atoms with van der Waals surface area (Å²) in [5.41, 5.74) is -2.07. The lowest BCUT2D eigenvalue weighted by Gasteiger charge is -2.21. The lowest BCUT2D eigenvalue weighted by molar-refractivity contribution is -0.166. The van der Waals surface area contributed by atoms with E-state index in [2.05, 4.69) is 10.1 Å². The second-order valence-electron chi connectivity index (χ2n) is 2.94. The Morgan fingerprint density at radius 3 is 2.31 bits per heavy atom. The molecule has 0 saturated carbocycles. The molecule has 5 heteroatoms. The third-order valence-corrected chi connectivity index (χ3v) is 1.89. The number of rotatable bonds is 4. The van der Waals surface area contributed by atoms with Crippen LogP contribution in [-0.2, 0) is 14.3 Å². The second kappa shape index (κ2) is 4.34. The number of hydrogen-bond acceptors (Lipinski definition) is 5. The van der Waals surface area contributed by atoms with Crippen LogP contribution < -0.4 is 5.32 Å². The topological polar surface area (TPSA) is 75.6 Å². The fourth-order valence-electron chi connectivity index (χ4n) is 0.852. The zero-order chi connectivity index (χ0) is 10.6. The van der Waals surface area contributed by atoms with Gasteiger partial charge in [-0.2, -0.15) is 0 Å². The van der Waals surface area contributed by atoms with E-state index < -0.39 is 23.4 Å². The van der Waals surface area contributed by atoms with E-state index in [9.17, 15) is 14.7 Å². The average molecular weight is 189 g/mol. The van der Waals surface area contributed by atoms with Gasteiger partial charge in [0.25, 0.3) is 0 Å². The van der Waals surface area contributed by atoms with E-state index in [0.29, 0.717) is 0 Å². The van der Waals surface area contributed by atoms with Crippen molar-refractivity contribution in [3.05, 3.63) is 0 Å². The summed E-state index contributed by atoms with van der Waals surface area (Å²) in [5.74, 6) is -1.55. The van der Waals surface area contributed by atoms with Crippen LogP contribution in [0.15, 0.2) is 0 Å². The predicted molar refractivity (Wildman–Crippen MR) is 46.2 cm³/mol. The van der Waals surface area contributed by atoms with Crippen molar-refractivity contribution in [2.75, 3.05) is 14.2 Å². The molecular weight excluding hydrogens is 174 g/mol. The van der Waals surface area contributed by atoms with Crippen LogP contribution in [0.4, 0.5) is 0 Å². The standard InChI is InChI=1S/C8H15NO4/c1-5(9-3)6(10)8(2,12)7(11)13-4/h5,9,12H,1-4H3/t5-,8-/m0/s1. The summed E-state index contributed by atoms with van der Waals surface area (Å²) in [4.78, 5) is 22.4. The van der Waals surface area contributed by atoms with E-state index in [1.807, 2.05) is 0 Å². The minimum atomic E-state index is -2.07. The fourth-order valence-corrected chi connectivity index (χ4v) is 0.852. The highest BCUT2D eigenvalue weighted by Gasteiger charge is 2.41. The van der Waals surface area contributed by atoms with Gasteiger partial charge in [-0.1, -0.05) is 0 Å². The molecule has 0 fully saturated rings. The number of carbonyl (C=O) groups is 2. The first kappa shape index (κ1) is 12.1. The van der Waals surface area contributed by atoms with E-state index in [0.717, 1.165) is 14.0 Å². The van der Waals surface area contributed by atoms with Crippen LogP contribution in [0.2, 0.25) is 0 Å².